The molecule has 1 atom stereocenters. The summed E-state index contributed by atoms with van der Waals surface area (Å²) in [5, 5.41) is 3.03. The van der Waals surface area contributed by atoms with Gasteiger partial charge in [-0.3, -0.25) is 9.69 Å². The Kier molecular flexibility index (Phi) is 5.93. The molecule has 2 aromatic carbocycles. The lowest BCUT2D eigenvalue weighted by atomic mass is 9.88. The van der Waals surface area contributed by atoms with Gasteiger partial charge in [0, 0.05) is 31.7 Å². The zero-order valence-corrected chi connectivity index (χ0v) is 18.5. The fourth-order valence-corrected chi connectivity index (χ4v) is 4.96. The van der Waals surface area contributed by atoms with Gasteiger partial charge in [-0.05, 0) is 55.5 Å². The largest absolute Gasteiger partial charge is 0.493 e. The molecular formula is C25H30N2O5. The van der Waals surface area contributed by atoms with Gasteiger partial charge in [0.15, 0.2) is 11.5 Å². The summed E-state index contributed by atoms with van der Waals surface area (Å²) in [7, 11) is 1.65. The Labute approximate surface area is 188 Å². The quantitative estimate of drug-likeness (QED) is 0.746. The molecule has 170 valence electrons. The molecule has 1 spiro atoms. The first kappa shape index (κ1) is 21.1. The first-order valence-electron chi connectivity index (χ1n) is 11.3. The molecule has 1 amide bonds. The number of hydrogen-bond acceptors (Lipinski definition) is 6. The molecule has 0 bridgehead atoms. The zero-order chi connectivity index (χ0) is 22.0. The van der Waals surface area contributed by atoms with Crippen molar-refractivity contribution in [2.24, 2.45) is 0 Å². The van der Waals surface area contributed by atoms with E-state index in [0.29, 0.717) is 17.9 Å². The molecule has 3 aliphatic heterocycles. The Morgan fingerprint density at radius 2 is 1.97 bits per heavy atom. The summed E-state index contributed by atoms with van der Waals surface area (Å²) in [6, 6.07) is 13.4. The van der Waals surface area contributed by atoms with Crippen LogP contribution in [0.1, 0.15) is 41.6 Å². The van der Waals surface area contributed by atoms with Gasteiger partial charge in [-0.2, -0.15) is 0 Å². The molecule has 5 rings (SSSR count). The van der Waals surface area contributed by atoms with Crippen LogP contribution in [0.5, 0.6) is 17.2 Å². The predicted molar refractivity (Wildman–Crippen MR) is 119 cm³/mol. The standard InChI is InChI=1S/C25H30N2O5/c1-29-21-13-18(14-22-23(21)31-17-30-22)16-27-11-9-25(10-12-27)8-7-20(32-25)15-26-24(28)19-5-3-2-4-6-19/h2-6,13-14,20H,7-12,15-17H2,1H3,(H,26,28)/t20-/m1/s1. The molecular weight excluding hydrogens is 408 g/mol. The van der Waals surface area contributed by atoms with E-state index >= 15 is 0 Å². The minimum absolute atomic E-state index is 0.0378. The van der Waals surface area contributed by atoms with Crippen molar-refractivity contribution in [3.63, 3.8) is 0 Å². The van der Waals surface area contributed by atoms with Crippen LogP contribution in [0.25, 0.3) is 0 Å². The first-order valence-corrected chi connectivity index (χ1v) is 11.3. The highest BCUT2D eigenvalue weighted by Gasteiger charge is 2.42. The molecule has 7 nitrogen and oxygen atoms in total. The van der Waals surface area contributed by atoms with Crippen LogP contribution >= 0.6 is 0 Å². The maximum absolute atomic E-state index is 12.3. The molecule has 32 heavy (non-hydrogen) atoms. The van der Waals surface area contributed by atoms with Gasteiger partial charge in [0.25, 0.3) is 5.91 Å². The van der Waals surface area contributed by atoms with Gasteiger partial charge in [0.05, 0.1) is 18.8 Å². The second-order valence-electron chi connectivity index (χ2n) is 8.85. The van der Waals surface area contributed by atoms with Gasteiger partial charge >= 0.3 is 0 Å². The minimum Gasteiger partial charge on any atom is -0.493 e. The Balaban J connectivity index is 1.11. The highest BCUT2D eigenvalue weighted by atomic mass is 16.7. The highest BCUT2D eigenvalue weighted by molar-refractivity contribution is 5.94. The number of carbonyl (C=O) groups is 1. The minimum atomic E-state index is -0.0504. The maximum Gasteiger partial charge on any atom is 0.251 e. The van der Waals surface area contributed by atoms with Crippen molar-refractivity contribution in [1.29, 1.82) is 0 Å². The molecule has 3 heterocycles. The Morgan fingerprint density at radius 3 is 2.75 bits per heavy atom. The van der Waals surface area contributed by atoms with E-state index in [4.69, 9.17) is 18.9 Å². The number of amides is 1. The lowest BCUT2D eigenvalue weighted by molar-refractivity contribution is -0.0764. The number of nitrogens with zero attached hydrogens (tertiary/aromatic N) is 1. The number of fused-ring (bicyclic) bond motifs is 1. The lowest BCUT2D eigenvalue weighted by Gasteiger charge is -2.39. The molecule has 3 aliphatic rings. The van der Waals surface area contributed by atoms with E-state index in [-0.39, 0.29) is 24.4 Å². The van der Waals surface area contributed by atoms with E-state index in [1.165, 1.54) is 0 Å². The van der Waals surface area contributed by atoms with E-state index in [1.807, 2.05) is 42.5 Å². The van der Waals surface area contributed by atoms with Crippen LogP contribution in [0, 0.1) is 0 Å². The first-order chi connectivity index (χ1) is 15.6. The van der Waals surface area contributed by atoms with E-state index < -0.39 is 0 Å². The summed E-state index contributed by atoms with van der Waals surface area (Å²) in [6.07, 6.45) is 4.17. The van der Waals surface area contributed by atoms with Crippen molar-refractivity contribution in [1.82, 2.24) is 10.2 Å². The van der Waals surface area contributed by atoms with Gasteiger partial charge in [-0.1, -0.05) is 18.2 Å². The number of likely N-dealkylation sites (tertiary alicyclic amines) is 1. The summed E-state index contributed by atoms with van der Waals surface area (Å²) in [4.78, 5) is 14.8. The van der Waals surface area contributed by atoms with Gasteiger partial charge < -0.3 is 24.3 Å². The number of hydrogen-bond donors (Lipinski definition) is 1. The fraction of sp³-hybridized carbons (Fsp3) is 0.480. The normalized spacial score (nSPS) is 21.6. The van der Waals surface area contributed by atoms with Crippen LogP contribution in [0.4, 0.5) is 0 Å². The third kappa shape index (κ3) is 4.40. The molecule has 2 saturated heterocycles. The van der Waals surface area contributed by atoms with Gasteiger partial charge in [-0.15, -0.1) is 0 Å². The monoisotopic (exact) mass is 438 g/mol. The van der Waals surface area contributed by atoms with Crippen molar-refractivity contribution in [3.8, 4) is 17.2 Å². The second-order valence-corrected chi connectivity index (χ2v) is 8.85. The smallest absolute Gasteiger partial charge is 0.251 e. The number of carbonyl (C=O) groups excluding carboxylic acids is 1. The Bertz CT molecular complexity index is 956. The van der Waals surface area contributed by atoms with Crippen LogP contribution in [-0.2, 0) is 11.3 Å². The number of nitrogens with one attached hydrogen (secondary N) is 1. The molecule has 0 aliphatic carbocycles. The number of ether oxygens (including phenoxy) is 4. The third-order valence-electron chi connectivity index (χ3n) is 6.76. The van der Waals surface area contributed by atoms with Crippen LogP contribution < -0.4 is 19.5 Å². The molecule has 2 fully saturated rings. The van der Waals surface area contributed by atoms with Crippen molar-refractivity contribution in [3.05, 3.63) is 53.6 Å². The van der Waals surface area contributed by atoms with E-state index in [2.05, 4.69) is 10.2 Å². The molecule has 7 heteroatoms. The van der Waals surface area contributed by atoms with Gasteiger partial charge in [0.1, 0.15) is 0 Å². The summed E-state index contributed by atoms with van der Waals surface area (Å²) < 4.78 is 23.0. The summed E-state index contributed by atoms with van der Waals surface area (Å²) >= 11 is 0. The van der Waals surface area contributed by atoms with Crippen molar-refractivity contribution >= 4 is 5.91 Å². The van der Waals surface area contributed by atoms with Crippen LogP contribution in [0.3, 0.4) is 0 Å². The summed E-state index contributed by atoms with van der Waals surface area (Å²) in [5.74, 6) is 2.14. The molecule has 1 N–H and O–H groups in total. The van der Waals surface area contributed by atoms with Crippen molar-refractivity contribution in [2.75, 3.05) is 33.5 Å². The highest BCUT2D eigenvalue weighted by Crippen LogP contribution is 2.43. The molecule has 0 saturated carbocycles. The van der Waals surface area contributed by atoms with Crippen LogP contribution in [0.15, 0.2) is 42.5 Å². The second kappa shape index (κ2) is 9.00. The van der Waals surface area contributed by atoms with Gasteiger partial charge in [0.2, 0.25) is 12.5 Å². The number of benzene rings is 2. The number of rotatable bonds is 6. The topological polar surface area (TPSA) is 69.3 Å². The van der Waals surface area contributed by atoms with Crippen molar-refractivity contribution < 1.29 is 23.7 Å². The average Bonchev–Trinajstić information content (AvgIpc) is 3.46. The maximum atomic E-state index is 12.3. The molecule has 0 radical (unpaired) electrons. The number of methoxy groups -OCH3 is 1. The third-order valence-corrected chi connectivity index (χ3v) is 6.76. The summed E-state index contributed by atoms with van der Waals surface area (Å²) in [5.41, 5.74) is 1.80. The average molecular weight is 439 g/mol. The molecule has 2 aromatic rings. The zero-order valence-electron chi connectivity index (χ0n) is 18.5. The molecule has 0 aromatic heterocycles. The number of piperidine rings is 1. The predicted octanol–water partition coefficient (Wildman–Crippen LogP) is 3.37. The van der Waals surface area contributed by atoms with Crippen LogP contribution in [-0.4, -0.2) is 56.0 Å². The van der Waals surface area contributed by atoms with E-state index in [9.17, 15) is 4.79 Å². The fourth-order valence-electron chi connectivity index (χ4n) is 4.96. The van der Waals surface area contributed by atoms with Crippen molar-refractivity contribution in [2.45, 2.75) is 43.9 Å². The lowest BCUT2D eigenvalue weighted by Crippen LogP contribution is -2.44. The van der Waals surface area contributed by atoms with Crippen LogP contribution in [0.2, 0.25) is 0 Å². The SMILES string of the molecule is COc1cc(CN2CCC3(CC[C@H](CNC(=O)c4ccccc4)O3)CC2)cc2c1OCO2. The summed E-state index contributed by atoms with van der Waals surface area (Å²) in [6.45, 7) is 3.63. The molecule has 0 unspecified atom stereocenters. The Morgan fingerprint density at radius 1 is 1.16 bits per heavy atom. The van der Waals surface area contributed by atoms with Gasteiger partial charge in [-0.25, -0.2) is 0 Å². The van der Waals surface area contributed by atoms with E-state index in [0.717, 1.165) is 62.4 Å². The Hall–Kier alpha value is -2.77. The van der Waals surface area contributed by atoms with E-state index in [1.54, 1.807) is 7.11 Å².